The lowest BCUT2D eigenvalue weighted by Crippen LogP contribution is -2.04. The second kappa shape index (κ2) is 5.56. The van der Waals surface area contributed by atoms with Crippen molar-refractivity contribution in [2.24, 2.45) is 0 Å². The number of nitrogens with two attached hydrogens (primary N) is 1. The Kier molecular flexibility index (Phi) is 3.57. The molecule has 1 aromatic carbocycles. The molecule has 0 bridgehead atoms. The average molecular weight is 313 g/mol. The van der Waals surface area contributed by atoms with Gasteiger partial charge in [0.2, 0.25) is 0 Å². The molecule has 0 saturated heterocycles. The highest BCUT2D eigenvalue weighted by atomic mass is 16.4. The maximum Gasteiger partial charge on any atom is 0.307 e. The number of aliphatic carboxylic acids is 1. The molecule has 118 valence electrons. The third kappa shape index (κ3) is 2.91. The fourth-order valence-corrected chi connectivity index (χ4v) is 2.39. The van der Waals surface area contributed by atoms with Crippen molar-refractivity contribution in [2.45, 2.75) is 19.9 Å². The molecule has 0 radical (unpaired) electrons. The van der Waals surface area contributed by atoms with Crippen LogP contribution in [0.1, 0.15) is 17.0 Å². The van der Waals surface area contributed by atoms with Crippen LogP contribution in [0.4, 0.5) is 5.82 Å². The number of hydrogen-bond acceptors (Lipinski definition) is 6. The Balaban J connectivity index is 1.95. The van der Waals surface area contributed by atoms with Crippen LogP contribution in [0.15, 0.2) is 24.3 Å². The first-order chi connectivity index (χ1) is 10.9. The molecule has 4 N–H and O–H groups in total. The van der Waals surface area contributed by atoms with E-state index in [9.17, 15) is 9.90 Å². The van der Waals surface area contributed by atoms with Crippen LogP contribution in [-0.4, -0.2) is 35.7 Å². The number of carbonyl (C=O) groups is 1. The molecule has 0 aliphatic rings. The van der Waals surface area contributed by atoms with E-state index in [1.807, 2.05) is 0 Å². The molecule has 0 aliphatic heterocycles. The summed E-state index contributed by atoms with van der Waals surface area (Å²) in [6, 6.07) is 6.91. The third-order valence-corrected chi connectivity index (χ3v) is 3.43. The molecule has 8 heteroatoms. The number of nitrogen functional groups attached to an aromatic ring is 1. The molecule has 8 nitrogen and oxygen atoms in total. The molecule has 0 atom stereocenters. The summed E-state index contributed by atoms with van der Waals surface area (Å²) in [5, 5.41) is 18.8. The van der Waals surface area contributed by atoms with Gasteiger partial charge in [0, 0.05) is 0 Å². The maximum atomic E-state index is 10.7. The topological polar surface area (TPSA) is 127 Å². The van der Waals surface area contributed by atoms with Gasteiger partial charge in [-0.3, -0.25) is 9.36 Å². The van der Waals surface area contributed by atoms with Gasteiger partial charge in [-0.15, -0.1) is 0 Å². The molecule has 2 heterocycles. The van der Waals surface area contributed by atoms with E-state index in [1.165, 1.54) is 4.57 Å². The molecule has 0 spiro atoms. The van der Waals surface area contributed by atoms with Crippen molar-refractivity contribution in [3.63, 3.8) is 0 Å². The van der Waals surface area contributed by atoms with Crippen LogP contribution in [0.25, 0.3) is 11.2 Å². The predicted molar refractivity (Wildman–Crippen MR) is 83.0 cm³/mol. The van der Waals surface area contributed by atoms with Gasteiger partial charge in [0.25, 0.3) is 6.01 Å². The molecule has 2 aromatic heterocycles. The van der Waals surface area contributed by atoms with Crippen LogP contribution in [0, 0.1) is 6.92 Å². The summed E-state index contributed by atoms with van der Waals surface area (Å²) in [4.78, 5) is 23.0. The molecule has 0 amide bonds. The number of carboxylic acids is 1. The Morgan fingerprint density at radius 3 is 2.48 bits per heavy atom. The highest BCUT2D eigenvalue weighted by molar-refractivity contribution is 5.82. The second-order valence-corrected chi connectivity index (χ2v) is 5.21. The summed E-state index contributed by atoms with van der Waals surface area (Å²) in [7, 11) is 0. The Hall–Kier alpha value is -3.16. The van der Waals surface area contributed by atoms with Gasteiger partial charge in [-0.1, -0.05) is 24.3 Å². The Morgan fingerprint density at radius 1 is 1.17 bits per heavy atom. The van der Waals surface area contributed by atoms with Gasteiger partial charge in [0.15, 0.2) is 17.0 Å². The number of carboxylic acid groups (broad SMARTS) is 1. The molecule has 23 heavy (non-hydrogen) atoms. The van der Waals surface area contributed by atoms with Gasteiger partial charge >= 0.3 is 5.97 Å². The molecule has 0 aliphatic carbocycles. The second-order valence-electron chi connectivity index (χ2n) is 5.21. The van der Waals surface area contributed by atoms with Crippen molar-refractivity contribution in [2.75, 3.05) is 5.73 Å². The maximum absolute atomic E-state index is 10.7. The summed E-state index contributed by atoms with van der Waals surface area (Å²) in [5.74, 6) is -0.162. The number of benzene rings is 1. The molecular weight excluding hydrogens is 298 g/mol. The zero-order valence-corrected chi connectivity index (χ0v) is 12.4. The SMILES string of the molecule is Cc1nc(N)c2nc(O)n(Cc3ccc(CC(=O)O)cc3)c2n1. The van der Waals surface area contributed by atoms with Crippen LogP contribution in [-0.2, 0) is 17.8 Å². The number of aryl methyl sites for hydroxylation is 1. The molecule has 0 fully saturated rings. The van der Waals surface area contributed by atoms with E-state index in [-0.39, 0.29) is 18.2 Å². The lowest BCUT2D eigenvalue weighted by Gasteiger charge is -2.06. The summed E-state index contributed by atoms with van der Waals surface area (Å²) >= 11 is 0. The van der Waals surface area contributed by atoms with Crippen molar-refractivity contribution < 1.29 is 15.0 Å². The van der Waals surface area contributed by atoms with Crippen molar-refractivity contribution in [3.8, 4) is 6.01 Å². The van der Waals surface area contributed by atoms with Gasteiger partial charge in [-0.05, 0) is 18.1 Å². The molecular formula is C15H15N5O3. The minimum absolute atomic E-state index is 0.0253. The van der Waals surface area contributed by atoms with Gasteiger partial charge < -0.3 is 15.9 Å². The zero-order valence-electron chi connectivity index (χ0n) is 12.4. The number of rotatable bonds is 4. The van der Waals surface area contributed by atoms with E-state index in [0.717, 1.165) is 5.56 Å². The predicted octanol–water partition coefficient (Wildman–Crippen LogP) is 1.10. The van der Waals surface area contributed by atoms with Gasteiger partial charge in [-0.2, -0.15) is 4.98 Å². The van der Waals surface area contributed by atoms with Crippen LogP contribution in [0.5, 0.6) is 6.01 Å². The summed E-state index contributed by atoms with van der Waals surface area (Å²) in [5.41, 5.74) is 8.21. The van der Waals surface area contributed by atoms with Crippen LogP contribution >= 0.6 is 0 Å². The number of imidazole rings is 1. The molecule has 3 rings (SSSR count). The fourth-order valence-electron chi connectivity index (χ4n) is 2.39. The standard InChI is InChI=1S/C15H15N5O3/c1-8-17-13(16)12-14(18-8)20(15(23)19-12)7-10-4-2-9(3-5-10)6-11(21)22/h2-5H,6-7H2,1H3,(H,19,23)(H,21,22)(H2,16,17,18). The Bertz CT molecular complexity index is 886. The number of aromatic nitrogens is 4. The average Bonchev–Trinajstić information content (AvgIpc) is 2.78. The number of anilines is 1. The van der Waals surface area contributed by atoms with Crippen LogP contribution in [0.3, 0.4) is 0 Å². The quantitative estimate of drug-likeness (QED) is 0.658. The Labute approximate surface area is 131 Å². The van der Waals surface area contributed by atoms with Crippen LogP contribution < -0.4 is 5.73 Å². The molecule has 3 aromatic rings. The normalized spacial score (nSPS) is 11.0. The number of nitrogens with zero attached hydrogens (tertiary/aromatic N) is 4. The van der Waals surface area contributed by atoms with Crippen molar-refractivity contribution in [1.29, 1.82) is 0 Å². The molecule has 0 saturated carbocycles. The van der Waals surface area contributed by atoms with Crippen molar-refractivity contribution in [3.05, 3.63) is 41.2 Å². The van der Waals surface area contributed by atoms with E-state index in [2.05, 4.69) is 15.0 Å². The first-order valence-electron chi connectivity index (χ1n) is 6.93. The van der Waals surface area contributed by atoms with Gasteiger partial charge in [0.05, 0.1) is 13.0 Å². The van der Waals surface area contributed by atoms with Crippen LogP contribution in [0.2, 0.25) is 0 Å². The highest BCUT2D eigenvalue weighted by Crippen LogP contribution is 2.23. The highest BCUT2D eigenvalue weighted by Gasteiger charge is 2.15. The van der Waals surface area contributed by atoms with Gasteiger partial charge in [0.1, 0.15) is 5.82 Å². The zero-order chi connectivity index (χ0) is 16.6. The third-order valence-electron chi connectivity index (χ3n) is 3.43. The van der Waals surface area contributed by atoms with E-state index in [4.69, 9.17) is 10.8 Å². The minimum atomic E-state index is -0.876. The largest absolute Gasteiger partial charge is 0.481 e. The van der Waals surface area contributed by atoms with Crippen molar-refractivity contribution in [1.82, 2.24) is 19.5 Å². The van der Waals surface area contributed by atoms with E-state index >= 15 is 0 Å². The van der Waals surface area contributed by atoms with E-state index in [0.29, 0.717) is 29.1 Å². The number of fused-ring (bicyclic) bond motifs is 1. The fraction of sp³-hybridized carbons (Fsp3) is 0.200. The first kappa shape index (κ1) is 14.8. The Morgan fingerprint density at radius 2 is 1.83 bits per heavy atom. The lowest BCUT2D eigenvalue weighted by atomic mass is 10.1. The first-order valence-corrected chi connectivity index (χ1v) is 6.93. The summed E-state index contributed by atoms with van der Waals surface area (Å²) in [6.07, 6.45) is -0.0253. The minimum Gasteiger partial charge on any atom is -0.481 e. The smallest absolute Gasteiger partial charge is 0.307 e. The number of aromatic hydroxyl groups is 1. The summed E-state index contributed by atoms with van der Waals surface area (Å²) < 4.78 is 1.53. The summed E-state index contributed by atoms with van der Waals surface area (Å²) in [6.45, 7) is 2.05. The molecule has 0 unspecified atom stereocenters. The van der Waals surface area contributed by atoms with Crippen molar-refractivity contribution >= 4 is 23.0 Å². The lowest BCUT2D eigenvalue weighted by molar-refractivity contribution is -0.136. The van der Waals surface area contributed by atoms with E-state index < -0.39 is 5.97 Å². The monoisotopic (exact) mass is 313 g/mol. The number of hydrogen-bond donors (Lipinski definition) is 3. The van der Waals surface area contributed by atoms with Gasteiger partial charge in [-0.25, -0.2) is 9.97 Å². The van der Waals surface area contributed by atoms with E-state index in [1.54, 1.807) is 31.2 Å².